The fraction of sp³-hybridized carbons (Fsp3) is 0.733. The van der Waals surface area contributed by atoms with Crippen molar-refractivity contribution < 1.29 is 9.21 Å². The van der Waals surface area contributed by atoms with Crippen LogP contribution in [0, 0.1) is 5.92 Å². The van der Waals surface area contributed by atoms with Gasteiger partial charge in [0.25, 0.3) is 5.89 Å². The molecule has 20 heavy (non-hydrogen) atoms. The second-order valence-corrected chi connectivity index (χ2v) is 6.45. The van der Waals surface area contributed by atoms with Crippen LogP contribution < -0.4 is 5.32 Å². The molecule has 2 aliphatic rings. The fourth-order valence-corrected chi connectivity index (χ4v) is 2.79. The smallest absolute Gasteiger partial charge is 0.307 e. The lowest BCUT2D eigenvalue weighted by molar-refractivity contribution is 0.0893. The van der Waals surface area contributed by atoms with E-state index in [0.717, 1.165) is 31.7 Å². The average molecular weight is 277 g/mol. The van der Waals surface area contributed by atoms with E-state index in [1.165, 1.54) is 0 Å². The van der Waals surface area contributed by atoms with Crippen LogP contribution in [0.25, 0.3) is 0 Å². The molecule has 1 aromatic heterocycles. The lowest BCUT2D eigenvalue weighted by Gasteiger charge is -2.20. The Hall–Kier alpha value is -1.36. The van der Waals surface area contributed by atoms with Crippen molar-refractivity contribution in [3.63, 3.8) is 0 Å². The normalized spacial score (nSPS) is 27.2. The summed E-state index contributed by atoms with van der Waals surface area (Å²) in [6, 6.07) is 0.698. The zero-order chi connectivity index (χ0) is 14.3. The summed E-state index contributed by atoms with van der Waals surface area (Å²) in [5, 5.41) is 3.07. The van der Waals surface area contributed by atoms with Crippen LogP contribution in [0.2, 0.25) is 0 Å². The van der Waals surface area contributed by atoms with Gasteiger partial charge in [0.05, 0.1) is 6.20 Å². The highest BCUT2D eigenvalue weighted by Gasteiger charge is 2.33. The Morgan fingerprint density at radius 3 is 2.80 bits per heavy atom. The Bertz CT molecular complexity index is 493. The number of hydrogen-bond acceptors (Lipinski definition) is 4. The number of aromatic nitrogens is 1. The number of likely N-dealkylation sites (tertiary alicyclic amines) is 1. The molecule has 2 atom stereocenters. The molecule has 1 amide bonds. The quantitative estimate of drug-likeness (QED) is 0.914. The molecule has 2 heterocycles. The highest BCUT2D eigenvalue weighted by Crippen LogP contribution is 2.40. The number of nitrogens with zero attached hydrogens (tertiary/aromatic N) is 2. The van der Waals surface area contributed by atoms with Crippen LogP contribution >= 0.6 is 0 Å². The van der Waals surface area contributed by atoms with E-state index in [4.69, 9.17) is 4.42 Å². The van der Waals surface area contributed by atoms with Crippen molar-refractivity contribution in [1.29, 1.82) is 0 Å². The van der Waals surface area contributed by atoms with E-state index in [1.54, 1.807) is 6.20 Å². The van der Waals surface area contributed by atoms with Gasteiger partial charge in [-0.15, -0.1) is 0 Å². The zero-order valence-electron chi connectivity index (χ0n) is 12.4. The molecule has 0 bridgehead atoms. The predicted molar refractivity (Wildman–Crippen MR) is 75.6 cm³/mol. The lowest BCUT2D eigenvalue weighted by Crippen LogP contribution is -2.40. The Labute approximate surface area is 119 Å². The van der Waals surface area contributed by atoms with Gasteiger partial charge in [0, 0.05) is 31.1 Å². The summed E-state index contributed by atoms with van der Waals surface area (Å²) in [5.74, 6) is 1.84. The minimum atomic E-state index is -0.181. The summed E-state index contributed by atoms with van der Waals surface area (Å²) < 4.78 is 5.55. The van der Waals surface area contributed by atoms with Gasteiger partial charge >= 0.3 is 5.91 Å². The van der Waals surface area contributed by atoms with Gasteiger partial charge in [-0.3, -0.25) is 9.69 Å². The monoisotopic (exact) mass is 277 g/mol. The summed E-state index contributed by atoms with van der Waals surface area (Å²) >= 11 is 0. The van der Waals surface area contributed by atoms with Crippen molar-refractivity contribution in [2.45, 2.75) is 51.6 Å². The Balaban J connectivity index is 1.60. The standard InChI is InChI=1S/C15H23N3O2/c1-9(2)18-7-10(3)12(8-18)17-14(19)15-16-6-13(20-15)11-4-5-11/h6,9-12H,4-5,7-8H2,1-3H3,(H,17,19)/t10-,12+/m0/s1. The number of carbonyl (C=O) groups is 1. The molecule has 1 N–H and O–H groups in total. The molecule has 1 aliphatic heterocycles. The van der Waals surface area contributed by atoms with Gasteiger partial charge in [0.2, 0.25) is 0 Å². The van der Waals surface area contributed by atoms with Crippen LogP contribution in [0.1, 0.15) is 56.0 Å². The molecule has 0 spiro atoms. The van der Waals surface area contributed by atoms with Crippen molar-refractivity contribution >= 4 is 5.91 Å². The molecule has 1 saturated heterocycles. The number of rotatable bonds is 4. The number of nitrogens with one attached hydrogen (secondary N) is 1. The molecule has 0 aromatic carbocycles. The van der Waals surface area contributed by atoms with Gasteiger partial charge in [-0.2, -0.15) is 0 Å². The maximum atomic E-state index is 12.2. The minimum Gasteiger partial charge on any atom is -0.437 e. The van der Waals surface area contributed by atoms with Gasteiger partial charge in [-0.05, 0) is 32.6 Å². The number of amides is 1. The summed E-state index contributed by atoms with van der Waals surface area (Å²) in [5.41, 5.74) is 0. The van der Waals surface area contributed by atoms with Crippen molar-refractivity contribution in [3.8, 4) is 0 Å². The molecule has 1 aliphatic carbocycles. The van der Waals surface area contributed by atoms with Crippen LogP contribution in [-0.4, -0.2) is 41.0 Å². The Kier molecular flexibility index (Phi) is 3.54. The third-order valence-corrected chi connectivity index (χ3v) is 4.38. The van der Waals surface area contributed by atoms with Gasteiger partial charge in [-0.25, -0.2) is 4.98 Å². The molecular formula is C15H23N3O2. The molecule has 3 rings (SSSR count). The van der Waals surface area contributed by atoms with E-state index < -0.39 is 0 Å². The Morgan fingerprint density at radius 2 is 2.20 bits per heavy atom. The average Bonchev–Trinajstić information content (AvgIpc) is 3.01. The van der Waals surface area contributed by atoms with Crippen molar-refractivity contribution in [1.82, 2.24) is 15.2 Å². The first kappa shape index (κ1) is 13.6. The molecular weight excluding hydrogens is 254 g/mol. The van der Waals surface area contributed by atoms with Crippen LogP contribution in [0.15, 0.2) is 10.6 Å². The summed E-state index contributed by atoms with van der Waals surface area (Å²) in [7, 11) is 0. The van der Waals surface area contributed by atoms with Gasteiger partial charge in [0.1, 0.15) is 5.76 Å². The van der Waals surface area contributed by atoms with E-state index in [2.05, 4.69) is 36.0 Å². The van der Waals surface area contributed by atoms with E-state index in [1.807, 2.05) is 0 Å². The van der Waals surface area contributed by atoms with E-state index >= 15 is 0 Å². The topological polar surface area (TPSA) is 58.4 Å². The third-order valence-electron chi connectivity index (χ3n) is 4.38. The molecule has 1 saturated carbocycles. The molecule has 110 valence electrons. The molecule has 0 radical (unpaired) electrons. The number of carbonyl (C=O) groups excluding carboxylic acids is 1. The summed E-state index contributed by atoms with van der Waals surface area (Å²) in [6.45, 7) is 8.49. The highest BCUT2D eigenvalue weighted by molar-refractivity contribution is 5.89. The zero-order valence-corrected chi connectivity index (χ0v) is 12.4. The van der Waals surface area contributed by atoms with Crippen molar-refractivity contribution in [2.24, 2.45) is 5.92 Å². The number of hydrogen-bond donors (Lipinski definition) is 1. The molecule has 0 unspecified atom stereocenters. The molecule has 5 nitrogen and oxygen atoms in total. The van der Waals surface area contributed by atoms with Crippen LogP contribution in [0.3, 0.4) is 0 Å². The number of oxazole rings is 1. The van der Waals surface area contributed by atoms with E-state index in [-0.39, 0.29) is 17.8 Å². The summed E-state index contributed by atoms with van der Waals surface area (Å²) in [6.07, 6.45) is 4.00. The summed E-state index contributed by atoms with van der Waals surface area (Å²) in [4.78, 5) is 18.7. The van der Waals surface area contributed by atoms with Crippen molar-refractivity contribution in [3.05, 3.63) is 17.8 Å². The van der Waals surface area contributed by atoms with Crippen LogP contribution in [0.5, 0.6) is 0 Å². The largest absolute Gasteiger partial charge is 0.437 e. The third kappa shape index (κ3) is 2.73. The first-order valence-corrected chi connectivity index (χ1v) is 7.55. The minimum absolute atomic E-state index is 0.181. The fourth-order valence-electron chi connectivity index (χ4n) is 2.79. The molecule has 5 heteroatoms. The maximum absolute atomic E-state index is 12.2. The maximum Gasteiger partial charge on any atom is 0.307 e. The van der Waals surface area contributed by atoms with Gasteiger partial charge in [0.15, 0.2) is 0 Å². The second-order valence-electron chi connectivity index (χ2n) is 6.45. The highest BCUT2D eigenvalue weighted by atomic mass is 16.4. The van der Waals surface area contributed by atoms with Crippen molar-refractivity contribution in [2.75, 3.05) is 13.1 Å². The first-order valence-electron chi connectivity index (χ1n) is 7.55. The van der Waals surface area contributed by atoms with Gasteiger partial charge < -0.3 is 9.73 Å². The SMILES string of the molecule is CC(C)N1C[C@H](C)[C@H](NC(=O)c2ncc(C3CC3)o2)C1. The predicted octanol–water partition coefficient (Wildman–Crippen LogP) is 2.01. The van der Waals surface area contributed by atoms with Gasteiger partial charge in [-0.1, -0.05) is 6.92 Å². The van der Waals surface area contributed by atoms with E-state index in [9.17, 15) is 4.79 Å². The second kappa shape index (κ2) is 5.20. The molecule has 2 fully saturated rings. The van der Waals surface area contributed by atoms with Crippen LogP contribution in [0.4, 0.5) is 0 Å². The lowest BCUT2D eigenvalue weighted by atomic mass is 10.1. The Morgan fingerprint density at radius 1 is 1.45 bits per heavy atom. The van der Waals surface area contributed by atoms with E-state index in [0.29, 0.717) is 17.9 Å². The first-order chi connectivity index (χ1) is 9.54. The molecule has 1 aromatic rings. The van der Waals surface area contributed by atoms with Crippen LogP contribution in [-0.2, 0) is 0 Å².